The fourth-order valence-corrected chi connectivity index (χ4v) is 5.16. The number of fused-ring (bicyclic) bond motifs is 2. The number of hydrogen-bond acceptors (Lipinski definition) is 10. The molecule has 4 N–H and O–H groups in total. The lowest BCUT2D eigenvalue weighted by Gasteiger charge is -2.23. The normalized spacial score (nSPS) is 20.1. The first-order valence-corrected chi connectivity index (χ1v) is 13.3. The predicted molar refractivity (Wildman–Crippen MR) is 153 cm³/mol. The number of aliphatic hydroxyl groups is 2. The molecule has 1 saturated heterocycles. The zero-order chi connectivity index (χ0) is 29.2. The van der Waals surface area contributed by atoms with Crippen molar-refractivity contribution in [3.63, 3.8) is 0 Å². The summed E-state index contributed by atoms with van der Waals surface area (Å²) in [5.41, 5.74) is 2.28. The third-order valence-electron chi connectivity index (χ3n) is 7.19. The Hall–Kier alpha value is -4.91. The standard InChI is InChI=1S/C30H28N6O6/c1-17(38)41-21-11-9-19(10-12-21)29(40)35-24-26(39)23(14-37)42-30(24)36-16-34-25-27(32-15-33-28(25)36)31-13-20-7-4-6-18-5-2-3-8-22(18)20/h2-12,15-16,23-24,26,30,37,39H,13-14H2,1H3,(H,35,40)(H,31,32,33)/t23-,24-,26-,30-/m1/s1. The zero-order valence-corrected chi connectivity index (χ0v) is 22.5. The highest BCUT2D eigenvalue weighted by Gasteiger charge is 2.46. The molecule has 12 nitrogen and oxygen atoms in total. The van der Waals surface area contributed by atoms with Crippen molar-refractivity contribution in [1.82, 2.24) is 24.8 Å². The first kappa shape index (κ1) is 27.3. The molecule has 0 unspecified atom stereocenters. The van der Waals surface area contributed by atoms with Gasteiger partial charge in [0.05, 0.1) is 12.9 Å². The molecule has 4 atom stereocenters. The maximum Gasteiger partial charge on any atom is 0.308 e. The molecule has 1 amide bonds. The number of imidazole rings is 1. The Morgan fingerprint density at radius 1 is 1.02 bits per heavy atom. The molecular weight excluding hydrogens is 540 g/mol. The molecule has 1 fully saturated rings. The van der Waals surface area contributed by atoms with Crippen molar-refractivity contribution in [2.24, 2.45) is 0 Å². The summed E-state index contributed by atoms with van der Waals surface area (Å²) in [6, 6.07) is 19.3. The van der Waals surface area contributed by atoms with Crippen molar-refractivity contribution in [3.05, 3.63) is 90.5 Å². The molecule has 0 radical (unpaired) electrons. The lowest BCUT2D eigenvalue weighted by molar-refractivity contribution is -0.131. The van der Waals surface area contributed by atoms with Gasteiger partial charge in [0.1, 0.15) is 30.3 Å². The number of ether oxygens (including phenoxy) is 2. The maximum absolute atomic E-state index is 13.1. The van der Waals surface area contributed by atoms with Crippen LogP contribution in [0.1, 0.15) is 29.1 Å². The second-order valence-electron chi connectivity index (χ2n) is 9.89. The number of nitrogens with one attached hydrogen (secondary N) is 2. The van der Waals surface area contributed by atoms with E-state index >= 15 is 0 Å². The number of nitrogens with zero attached hydrogens (tertiary/aromatic N) is 4. The van der Waals surface area contributed by atoms with Gasteiger partial charge in [-0.3, -0.25) is 14.2 Å². The van der Waals surface area contributed by atoms with Crippen molar-refractivity contribution in [2.75, 3.05) is 11.9 Å². The molecule has 1 aliphatic heterocycles. The van der Waals surface area contributed by atoms with Crippen LogP contribution in [-0.2, 0) is 16.1 Å². The van der Waals surface area contributed by atoms with Crippen LogP contribution >= 0.6 is 0 Å². The van der Waals surface area contributed by atoms with Gasteiger partial charge in [0.2, 0.25) is 0 Å². The van der Waals surface area contributed by atoms with Crippen LogP contribution in [0.15, 0.2) is 79.4 Å². The maximum atomic E-state index is 13.1. The lowest BCUT2D eigenvalue weighted by Crippen LogP contribution is -2.46. The van der Waals surface area contributed by atoms with Gasteiger partial charge in [-0.05, 0) is 40.6 Å². The van der Waals surface area contributed by atoms with Gasteiger partial charge in [-0.2, -0.15) is 0 Å². The minimum atomic E-state index is -1.22. The van der Waals surface area contributed by atoms with Gasteiger partial charge in [-0.15, -0.1) is 0 Å². The van der Waals surface area contributed by atoms with E-state index in [1.54, 1.807) is 4.57 Å². The number of aliphatic hydroxyl groups excluding tert-OH is 2. The van der Waals surface area contributed by atoms with E-state index < -0.39 is 43.0 Å². The van der Waals surface area contributed by atoms with Crippen LogP contribution in [0.3, 0.4) is 0 Å². The summed E-state index contributed by atoms with van der Waals surface area (Å²) in [5.74, 6) is -0.148. The molecule has 6 rings (SSSR count). The minimum absolute atomic E-state index is 0.280. The summed E-state index contributed by atoms with van der Waals surface area (Å²) in [7, 11) is 0. The summed E-state index contributed by atoms with van der Waals surface area (Å²) in [4.78, 5) is 37.6. The zero-order valence-electron chi connectivity index (χ0n) is 22.5. The number of esters is 1. The van der Waals surface area contributed by atoms with E-state index in [1.165, 1.54) is 43.8 Å². The van der Waals surface area contributed by atoms with Crippen molar-refractivity contribution in [2.45, 2.75) is 37.9 Å². The average molecular weight is 569 g/mol. The van der Waals surface area contributed by atoms with E-state index in [0.717, 1.165) is 16.3 Å². The molecule has 0 saturated carbocycles. The number of anilines is 1. The molecule has 214 valence electrons. The fraction of sp³-hybridized carbons (Fsp3) is 0.233. The summed E-state index contributed by atoms with van der Waals surface area (Å²) in [6.07, 6.45) is -0.180. The summed E-state index contributed by atoms with van der Waals surface area (Å²) in [5, 5.41) is 29.2. The molecule has 5 aromatic rings. The first-order valence-electron chi connectivity index (χ1n) is 13.3. The number of amides is 1. The SMILES string of the molecule is CC(=O)Oc1ccc(C(=O)N[C@@H]2[C@H](O)[C@@H](CO)O[C@H]2n2cnc3c(NCc4cccc5ccccc45)ncnc32)cc1. The van der Waals surface area contributed by atoms with E-state index in [2.05, 4.69) is 43.8 Å². The molecule has 0 spiro atoms. The van der Waals surface area contributed by atoms with Crippen LogP contribution in [0, 0.1) is 0 Å². The minimum Gasteiger partial charge on any atom is -0.427 e. The van der Waals surface area contributed by atoms with Crippen LogP contribution in [0.4, 0.5) is 5.82 Å². The molecule has 0 aliphatic carbocycles. The Bertz CT molecular complexity index is 1750. The molecule has 42 heavy (non-hydrogen) atoms. The monoisotopic (exact) mass is 568 g/mol. The second-order valence-corrected chi connectivity index (χ2v) is 9.89. The largest absolute Gasteiger partial charge is 0.427 e. The number of aromatic nitrogens is 4. The molecule has 3 heterocycles. The predicted octanol–water partition coefficient (Wildman–Crippen LogP) is 2.57. The highest BCUT2D eigenvalue weighted by Crippen LogP contribution is 2.33. The van der Waals surface area contributed by atoms with E-state index in [0.29, 0.717) is 29.3 Å². The Kier molecular flexibility index (Phi) is 7.48. The van der Waals surface area contributed by atoms with E-state index in [-0.39, 0.29) is 5.56 Å². The van der Waals surface area contributed by atoms with Crippen molar-refractivity contribution >= 4 is 39.6 Å². The Labute approximate surface area is 240 Å². The highest BCUT2D eigenvalue weighted by molar-refractivity contribution is 5.94. The van der Waals surface area contributed by atoms with Crippen LogP contribution in [-0.4, -0.2) is 66.5 Å². The van der Waals surface area contributed by atoms with Gasteiger partial charge in [0.25, 0.3) is 5.91 Å². The van der Waals surface area contributed by atoms with Crippen molar-refractivity contribution in [3.8, 4) is 5.75 Å². The van der Waals surface area contributed by atoms with Gasteiger partial charge in [-0.25, -0.2) is 15.0 Å². The number of hydrogen-bond donors (Lipinski definition) is 4. The molecule has 12 heteroatoms. The highest BCUT2D eigenvalue weighted by atomic mass is 16.5. The number of benzene rings is 3. The molecular formula is C30H28N6O6. The third-order valence-corrected chi connectivity index (χ3v) is 7.19. The average Bonchev–Trinajstić information content (AvgIpc) is 3.57. The summed E-state index contributed by atoms with van der Waals surface area (Å²) in [6.45, 7) is 1.33. The van der Waals surface area contributed by atoms with Crippen LogP contribution in [0.25, 0.3) is 21.9 Å². The second kappa shape index (κ2) is 11.5. The lowest BCUT2D eigenvalue weighted by atomic mass is 10.0. The smallest absolute Gasteiger partial charge is 0.308 e. The Morgan fingerprint density at radius 3 is 2.60 bits per heavy atom. The first-order chi connectivity index (χ1) is 20.4. The molecule has 3 aromatic carbocycles. The molecule has 2 aromatic heterocycles. The van der Waals surface area contributed by atoms with Gasteiger partial charge in [0, 0.05) is 19.0 Å². The van der Waals surface area contributed by atoms with Crippen molar-refractivity contribution < 1.29 is 29.3 Å². The van der Waals surface area contributed by atoms with Crippen LogP contribution < -0.4 is 15.4 Å². The molecule has 0 bridgehead atoms. The van der Waals surface area contributed by atoms with Crippen molar-refractivity contribution in [1.29, 1.82) is 0 Å². The topological polar surface area (TPSA) is 161 Å². The van der Waals surface area contributed by atoms with Crippen LogP contribution in [0.5, 0.6) is 5.75 Å². The summed E-state index contributed by atoms with van der Waals surface area (Å²) >= 11 is 0. The molecule has 1 aliphatic rings. The Morgan fingerprint density at radius 2 is 1.81 bits per heavy atom. The van der Waals surface area contributed by atoms with E-state index in [9.17, 15) is 19.8 Å². The third kappa shape index (κ3) is 5.26. The number of carbonyl (C=O) groups excluding carboxylic acids is 2. The number of rotatable bonds is 8. The fourth-order valence-electron chi connectivity index (χ4n) is 5.16. The summed E-state index contributed by atoms with van der Waals surface area (Å²) < 4.78 is 12.6. The van der Waals surface area contributed by atoms with Gasteiger partial charge in [0.15, 0.2) is 23.2 Å². The number of carbonyl (C=O) groups is 2. The quantitative estimate of drug-likeness (QED) is 0.162. The Balaban J connectivity index is 1.25. The van der Waals surface area contributed by atoms with Gasteiger partial charge >= 0.3 is 5.97 Å². The van der Waals surface area contributed by atoms with E-state index in [1.807, 2.05) is 24.3 Å². The van der Waals surface area contributed by atoms with Gasteiger partial charge in [-0.1, -0.05) is 42.5 Å². The van der Waals surface area contributed by atoms with Crippen LogP contribution in [0.2, 0.25) is 0 Å². The van der Waals surface area contributed by atoms with E-state index in [4.69, 9.17) is 9.47 Å². The van der Waals surface area contributed by atoms with Gasteiger partial charge < -0.3 is 30.3 Å².